The van der Waals surface area contributed by atoms with Crippen LogP contribution in [0.5, 0.6) is 0 Å². The second-order valence-electron chi connectivity index (χ2n) is 5.98. The maximum atomic E-state index is 12.2. The molecule has 1 aromatic heterocycles. The van der Waals surface area contributed by atoms with Crippen LogP contribution in [0.15, 0.2) is 34.9 Å². The van der Waals surface area contributed by atoms with Crippen LogP contribution in [0.1, 0.15) is 23.2 Å². The van der Waals surface area contributed by atoms with Crippen molar-refractivity contribution in [3.8, 4) is 0 Å². The maximum Gasteiger partial charge on any atom is 0.232 e. The van der Waals surface area contributed by atoms with Gasteiger partial charge in [0, 0.05) is 25.6 Å². The van der Waals surface area contributed by atoms with Gasteiger partial charge in [-0.1, -0.05) is 35.0 Å². The van der Waals surface area contributed by atoms with Crippen molar-refractivity contribution < 1.29 is 14.1 Å². The van der Waals surface area contributed by atoms with Crippen molar-refractivity contribution in [3.05, 3.63) is 47.2 Å². The Morgan fingerprint density at radius 2 is 2.09 bits per heavy atom. The first kappa shape index (κ1) is 15.3. The fraction of sp³-hybridized carbons (Fsp3) is 0.353. The molecule has 2 heterocycles. The van der Waals surface area contributed by atoms with Gasteiger partial charge < -0.3 is 9.42 Å². The molecule has 1 unspecified atom stereocenters. The molecule has 23 heavy (non-hydrogen) atoms. The molecule has 1 aliphatic heterocycles. The van der Waals surface area contributed by atoms with Gasteiger partial charge in [-0.3, -0.25) is 14.9 Å². The Balaban J connectivity index is 1.60. The van der Waals surface area contributed by atoms with Crippen molar-refractivity contribution >= 4 is 17.7 Å². The molecule has 0 radical (unpaired) electrons. The van der Waals surface area contributed by atoms with Crippen molar-refractivity contribution in [2.45, 2.75) is 26.8 Å². The maximum absolute atomic E-state index is 12.2. The van der Waals surface area contributed by atoms with Crippen LogP contribution in [-0.4, -0.2) is 28.4 Å². The summed E-state index contributed by atoms with van der Waals surface area (Å²) in [7, 11) is 0. The second kappa shape index (κ2) is 6.24. The molecule has 2 amide bonds. The molecule has 1 aliphatic rings. The highest BCUT2D eigenvalue weighted by Crippen LogP contribution is 2.22. The third kappa shape index (κ3) is 3.59. The quantitative estimate of drug-likeness (QED) is 0.939. The summed E-state index contributed by atoms with van der Waals surface area (Å²) in [5, 5.41) is 6.39. The summed E-state index contributed by atoms with van der Waals surface area (Å²) in [6.07, 6.45) is 0.227. The highest BCUT2D eigenvalue weighted by atomic mass is 16.5. The lowest BCUT2D eigenvalue weighted by atomic mass is 10.1. The number of nitrogens with zero attached hydrogens (tertiary/aromatic N) is 2. The van der Waals surface area contributed by atoms with E-state index in [0.29, 0.717) is 24.7 Å². The molecule has 1 aromatic carbocycles. The number of aryl methyl sites for hydroxylation is 2. The van der Waals surface area contributed by atoms with Crippen LogP contribution in [0.2, 0.25) is 0 Å². The van der Waals surface area contributed by atoms with Gasteiger partial charge in [0.15, 0.2) is 0 Å². The minimum absolute atomic E-state index is 0.000486. The average molecular weight is 313 g/mol. The Hall–Kier alpha value is -2.63. The van der Waals surface area contributed by atoms with Gasteiger partial charge in [0.05, 0.1) is 11.6 Å². The van der Waals surface area contributed by atoms with E-state index in [1.165, 1.54) is 5.56 Å². The van der Waals surface area contributed by atoms with Crippen LogP contribution in [-0.2, 0) is 16.1 Å². The van der Waals surface area contributed by atoms with Crippen LogP contribution in [0.25, 0.3) is 0 Å². The monoisotopic (exact) mass is 313 g/mol. The number of carbonyl (C=O) groups is 2. The molecule has 2 aromatic rings. The molecule has 120 valence electrons. The molecule has 0 saturated carbocycles. The van der Waals surface area contributed by atoms with E-state index < -0.39 is 0 Å². The number of likely N-dealkylation sites (tertiary alicyclic amines) is 1. The summed E-state index contributed by atoms with van der Waals surface area (Å²) in [5.74, 6) is -0.254. The van der Waals surface area contributed by atoms with Crippen molar-refractivity contribution in [3.63, 3.8) is 0 Å². The molecule has 1 saturated heterocycles. The summed E-state index contributed by atoms with van der Waals surface area (Å²) < 4.78 is 4.97. The van der Waals surface area contributed by atoms with Gasteiger partial charge >= 0.3 is 0 Å². The minimum Gasteiger partial charge on any atom is -0.338 e. The number of benzene rings is 1. The first-order chi connectivity index (χ1) is 11.0. The number of hydrogen-bond donors (Lipinski definition) is 1. The van der Waals surface area contributed by atoms with Gasteiger partial charge in [0.2, 0.25) is 17.7 Å². The fourth-order valence-corrected chi connectivity index (χ4v) is 2.66. The summed E-state index contributed by atoms with van der Waals surface area (Å²) in [5.41, 5.74) is 2.95. The summed E-state index contributed by atoms with van der Waals surface area (Å²) >= 11 is 0. The summed E-state index contributed by atoms with van der Waals surface area (Å²) in [6.45, 7) is 4.76. The van der Waals surface area contributed by atoms with Crippen LogP contribution in [0, 0.1) is 19.8 Å². The van der Waals surface area contributed by atoms with E-state index in [0.717, 1.165) is 5.56 Å². The van der Waals surface area contributed by atoms with E-state index in [-0.39, 0.29) is 24.2 Å². The smallest absolute Gasteiger partial charge is 0.232 e. The normalized spacial score (nSPS) is 17.6. The van der Waals surface area contributed by atoms with Gasteiger partial charge in [-0.25, -0.2) is 0 Å². The molecule has 6 nitrogen and oxygen atoms in total. The Kier molecular flexibility index (Phi) is 4.14. The van der Waals surface area contributed by atoms with Crippen LogP contribution >= 0.6 is 0 Å². The molecule has 0 aliphatic carbocycles. The lowest BCUT2D eigenvalue weighted by Gasteiger charge is -2.16. The lowest BCUT2D eigenvalue weighted by Crippen LogP contribution is -2.27. The Morgan fingerprint density at radius 3 is 2.74 bits per heavy atom. The van der Waals surface area contributed by atoms with E-state index in [1.54, 1.807) is 17.9 Å². The SMILES string of the molecule is Cc1ccc(CN2CC(C(=O)Nc3cc(C)no3)CC2=O)cc1. The first-order valence-corrected chi connectivity index (χ1v) is 7.59. The van der Waals surface area contributed by atoms with Gasteiger partial charge in [0.1, 0.15) is 0 Å². The first-order valence-electron chi connectivity index (χ1n) is 7.59. The van der Waals surface area contributed by atoms with E-state index >= 15 is 0 Å². The predicted octanol–water partition coefficient (Wildman–Crippen LogP) is 2.28. The van der Waals surface area contributed by atoms with Crippen LogP contribution < -0.4 is 5.32 Å². The zero-order chi connectivity index (χ0) is 16.4. The summed E-state index contributed by atoms with van der Waals surface area (Å²) in [6, 6.07) is 9.71. The van der Waals surface area contributed by atoms with Gasteiger partial charge in [0.25, 0.3) is 0 Å². The van der Waals surface area contributed by atoms with Crippen molar-refractivity contribution in [2.24, 2.45) is 5.92 Å². The van der Waals surface area contributed by atoms with E-state index in [2.05, 4.69) is 10.5 Å². The van der Waals surface area contributed by atoms with E-state index in [9.17, 15) is 9.59 Å². The van der Waals surface area contributed by atoms with E-state index in [4.69, 9.17) is 4.52 Å². The third-order valence-electron chi connectivity index (χ3n) is 3.95. The topological polar surface area (TPSA) is 75.4 Å². The number of anilines is 1. The number of aromatic nitrogens is 1. The number of nitrogens with one attached hydrogen (secondary N) is 1. The summed E-state index contributed by atoms with van der Waals surface area (Å²) in [4.78, 5) is 26.1. The second-order valence-corrected chi connectivity index (χ2v) is 5.98. The molecule has 1 fully saturated rings. The van der Waals surface area contributed by atoms with Crippen LogP contribution in [0.4, 0.5) is 5.88 Å². The predicted molar refractivity (Wildman–Crippen MR) is 84.6 cm³/mol. The van der Waals surface area contributed by atoms with Gasteiger partial charge in [-0.15, -0.1) is 0 Å². The molecule has 1 atom stereocenters. The number of hydrogen-bond acceptors (Lipinski definition) is 4. The fourth-order valence-electron chi connectivity index (χ4n) is 2.66. The zero-order valence-electron chi connectivity index (χ0n) is 13.2. The third-order valence-corrected chi connectivity index (χ3v) is 3.95. The Labute approximate surface area is 134 Å². The molecular formula is C17H19N3O3. The van der Waals surface area contributed by atoms with Crippen LogP contribution in [0.3, 0.4) is 0 Å². The van der Waals surface area contributed by atoms with Crippen molar-refractivity contribution in [1.82, 2.24) is 10.1 Å². The molecule has 6 heteroatoms. The van der Waals surface area contributed by atoms with Gasteiger partial charge in [-0.2, -0.15) is 0 Å². The minimum atomic E-state index is -0.363. The molecule has 0 bridgehead atoms. The highest BCUT2D eigenvalue weighted by molar-refractivity contribution is 5.96. The van der Waals surface area contributed by atoms with Crippen molar-refractivity contribution in [1.29, 1.82) is 0 Å². The molecule has 3 rings (SSSR count). The lowest BCUT2D eigenvalue weighted by molar-refractivity contribution is -0.128. The number of amides is 2. The zero-order valence-corrected chi connectivity index (χ0v) is 13.2. The Morgan fingerprint density at radius 1 is 1.35 bits per heavy atom. The van der Waals surface area contributed by atoms with Gasteiger partial charge in [-0.05, 0) is 19.4 Å². The van der Waals surface area contributed by atoms with E-state index in [1.807, 2.05) is 31.2 Å². The highest BCUT2D eigenvalue weighted by Gasteiger charge is 2.34. The molecule has 0 spiro atoms. The largest absolute Gasteiger partial charge is 0.338 e. The molecule has 1 N–H and O–H groups in total. The number of carbonyl (C=O) groups excluding carboxylic acids is 2. The Bertz CT molecular complexity index is 721. The van der Waals surface area contributed by atoms with Crippen molar-refractivity contribution in [2.75, 3.05) is 11.9 Å². The average Bonchev–Trinajstić information content (AvgIpc) is 3.08. The standard InChI is InChI=1S/C17H19N3O3/c1-11-3-5-13(6-4-11)9-20-10-14(8-16(20)21)17(22)18-15-7-12(2)19-23-15/h3-7,14H,8-10H2,1-2H3,(H,18,22). The molecular weight excluding hydrogens is 294 g/mol. The number of rotatable bonds is 4.